The Labute approximate surface area is 78.9 Å². The van der Waals surface area contributed by atoms with Crippen LogP contribution in [0.5, 0.6) is 0 Å². The molecule has 0 amide bonds. The van der Waals surface area contributed by atoms with Crippen LogP contribution in [0.25, 0.3) is 0 Å². The molecule has 3 N–H and O–H groups in total. The van der Waals surface area contributed by atoms with Crippen molar-refractivity contribution in [3.8, 4) is 0 Å². The van der Waals surface area contributed by atoms with Gasteiger partial charge in [0.25, 0.3) is 0 Å². The van der Waals surface area contributed by atoms with Crippen LogP contribution in [-0.4, -0.2) is 7.05 Å². The van der Waals surface area contributed by atoms with E-state index in [1.165, 1.54) is 0 Å². The molecule has 4 heteroatoms. The van der Waals surface area contributed by atoms with Gasteiger partial charge in [-0.25, -0.2) is 0 Å². The zero-order valence-corrected chi connectivity index (χ0v) is 8.33. The molecule has 0 atom stereocenters. The molecule has 0 aromatic heterocycles. The van der Waals surface area contributed by atoms with E-state index in [9.17, 15) is 0 Å². The lowest BCUT2D eigenvalue weighted by Gasteiger charge is -2.05. The highest BCUT2D eigenvalue weighted by Gasteiger charge is 2.01. The van der Waals surface area contributed by atoms with E-state index in [1.807, 2.05) is 13.1 Å². The number of nitrogen functional groups attached to an aromatic ring is 1. The third-order valence-electron chi connectivity index (χ3n) is 1.36. The van der Waals surface area contributed by atoms with E-state index in [-0.39, 0.29) is 0 Å². The van der Waals surface area contributed by atoms with Gasteiger partial charge in [-0.3, -0.25) is 0 Å². The van der Waals surface area contributed by atoms with Crippen molar-refractivity contribution in [2.45, 2.75) is 0 Å². The maximum Gasteiger partial charge on any atom is 0.0583 e. The van der Waals surface area contributed by atoms with Gasteiger partial charge in [-0.2, -0.15) is 0 Å². The van der Waals surface area contributed by atoms with Crippen LogP contribution in [0.3, 0.4) is 0 Å². The van der Waals surface area contributed by atoms with Crippen molar-refractivity contribution in [1.29, 1.82) is 0 Å². The molecule has 1 rings (SSSR count). The highest BCUT2D eigenvalue weighted by Crippen LogP contribution is 2.30. The first-order chi connectivity index (χ1) is 5.15. The standard InChI is InChI=1S/C7H8BrClN2/c1-11-7-2-4(8)5(9)3-6(7)10/h2-3,11H,10H2,1H3. The Kier molecular flexibility index (Phi) is 2.62. The van der Waals surface area contributed by atoms with E-state index in [4.69, 9.17) is 17.3 Å². The Morgan fingerprint density at radius 3 is 2.73 bits per heavy atom. The highest BCUT2D eigenvalue weighted by atomic mass is 79.9. The normalized spacial score (nSPS) is 9.73. The maximum atomic E-state index is 5.79. The minimum Gasteiger partial charge on any atom is -0.397 e. The number of halogens is 2. The van der Waals surface area contributed by atoms with Crippen LogP contribution in [0.1, 0.15) is 0 Å². The van der Waals surface area contributed by atoms with Gasteiger partial charge in [-0.05, 0) is 28.1 Å². The summed E-state index contributed by atoms with van der Waals surface area (Å²) in [7, 11) is 1.81. The predicted octanol–water partition coefficient (Wildman–Crippen LogP) is 2.73. The molecular formula is C7H8BrClN2. The summed E-state index contributed by atoms with van der Waals surface area (Å²) in [5.41, 5.74) is 7.16. The minimum absolute atomic E-state index is 0.626. The molecule has 0 aliphatic carbocycles. The summed E-state index contributed by atoms with van der Waals surface area (Å²) in [5.74, 6) is 0. The first-order valence-electron chi connectivity index (χ1n) is 3.07. The average Bonchev–Trinajstić information content (AvgIpc) is 1.97. The van der Waals surface area contributed by atoms with E-state index in [1.54, 1.807) is 6.07 Å². The van der Waals surface area contributed by atoms with Gasteiger partial charge in [-0.1, -0.05) is 11.6 Å². The molecule has 2 nitrogen and oxygen atoms in total. The van der Waals surface area contributed by atoms with Crippen LogP contribution < -0.4 is 11.1 Å². The molecule has 0 fully saturated rings. The summed E-state index contributed by atoms with van der Waals surface area (Å²) in [4.78, 5) is 0. The van der Waals surface area contributed by atoms with Crippen LogP contribution in [-0.2, 0) is 0 Å². The SMILES string of the molecule is CNc1cc(Br)c(Cl)cc1N. The van der Waals surface area contributed by atoms with Gasteiger partial charge in [0.2, 0.25) is 0 Å². The first kappa shape index (κ1) is 8.68. The van der Waals surface area contributed by atoms with Gasteiger partial charge in [0.1, 0.15) is 0 Å². The molecule has 0 unspecified atom stereocenters. The predicted molar refractivity (Wildman–Crippen MR) is 53.1 cm³/mol. The van der Waals surface area contributed by atoms with Crippen LogP contribution in [0.2, 0.25) is 5.02 Å². The van der Waals surface area contributed by atoms with Crippen molar-refractivity contribution in [1.82, 2.24) is 0 Å². The number of nitrogens with two attached hydrogens (primary N) is 1. The Morgan fingerprint density at radius 2 is 2.18 bits per heavy atom. The Bertz CT molecular complexity index is 275. The fourth-order valence-electron chi connectivity index (χ4n) is 0.779. The van der Waals surface area contributed by atoms with Crippen molar-refractivity contribution in [3.05, 3.63) is 21.6 Å². The molecule has 0 saturated carbocycles. The lowest BCUT2D eigenvalue weighted by atomic mass is 10.3. The fourth-order valence-corrected chi connectivity index (χ4v) is 1.29. The molecule has 0 spiro atoms. The zero-order valence-electron chi connectivity index (χ0n) is 5.99. The lowest BCUT2D eigenvalue weighted by Crippen LogP contribution is -1.95. The smallest absolute Gasteiger partial charge is 0.0583 e. The number of benzene rings is 1. The number of hydrogen-bond donors (Lipinski definition) is 2. The summed E-state index contributed by atoms with van der Waals surface area (Å²) < 4.78 is 0.845. The van der Waals surface area contributed by atoms with Crippen molar-refractivity contribution < 1.29 is 0 Å². The molecule has 1 aromatic rings. The second-order valence-electron chi connectivity index (χ2n) is 2.10. The van der Waals surface area contributed by atoms with Gasteiger partial charge >= 0.3 is 0 Å². The van der Waals surface area contributed by atoms with Crippen LogP contribution in [0, 0.1) is 0 Å². The fraction of sp³-hybridized carbons (Fsp3) is 0.143. The van der Waals surface area contributed by atoms with E-state index in [0.717, 1.165) is 10.2 Å². The highest BCUT2D eigenvalue weighted by molar-refractivity contribution is 9.10. The number of hydrogen-bond acceptors (Lipinski definition) is 2. The third kappa shape index (κ3) is 1.79. The van der Waals surface area contributed by atoms with Crippen molar-refractivity contribution in [2.24, 2.45) is 0 Å². The number of rotatable bonds is 1. The monoisotopic (exact) mass is 234 g/mol. The van der Waals surface area contributed by atoms with Gasteiger partial charge in [0, 0.05) is 11.5 Å². The van der Waals surface area contributed by atoms with Crippen LogP contribution >= 0.6 is 27.5 Å². The summed E-state index contributed by atoms with van der Waals surface area (Å²) in [6.45, 7) is 0. The van der Waals surface area contributed by atoms with E-state index >= 15 is 0 Å². The zero-order chi connectivity index (χ0) is 8.43. The quantitative estimate of drug-likeness (QED) is 0.735. The molecule has 0 radical (unpaired) electrons. The molecule has 11 heavy (non-hydrogen) atoms. The number of anilines is 2. The largest absolute Gasteiger partial charge is 0.397 e. The minimum atomic E-state index is 0.626. The van der Waals surface area contributed by atoms with E-state index in [2.05, 4.69) is 21.2 Å². The second-order valence-corrected chi connectivity index (χ2v) is 3.37. The van der Waals surface area contributed by atoms with Crippen molar-refractivity contribution >= 4 is 38.9 Å². The Hall–Kier alpha value is -0.410. The molecule has 0 bridgehead atoms. The van der Waals surface area contributed by atoms with Gasteiger partial charge in [0.05, 0.1) is 16.4 Å². The second kappa shape index (κ2) is 3.32. The van der Waals surface area contributed by atoms with Crippen LogP contribution in [0.4, 0.5) is 11.4 Å². The summed E-state index contributed by atoms with van der Waals surface area (Å²) in [5, 5.41) is 3.58. The third-order valence-corrected chi connectivity index (χ3v) is 2.56. The first-order valence-corrected chi connectivity index (χ1v) is 4.24. The topological polar surface area (TPSA) is 38.0 Å². The molecule has 0 aliphatic rings. The van der Waals surface area contributed by atoms with Gasteiger partial charge in [0.15, 0.2) is 0 Å². The van der Waals surface area contributed by atoms with Crippen molar-refractivity contribution in [3.63, 3.8) is 0 Å². The number of nitrogens with one attached hydrogen (secondary N) is 1. The van der Waals surface area contributed by atoms with E-state index in [0.29, 0.717) is 10.7 Å². The van der Waals surface area contributed by atoms with Gasteiger partial charge in [-0.15, -0.1) is 0 Å². The van der Waals surface area contributed by atoms with Crippen molar-refractivity contribution in [2.75, 3.05) is 18.1 Å². The molecule has 1 aromatic carbocycles. The molecule has 0 saturated heterocycles. The Morgan fingerprint density at radius 1 is 1.55 bits per heavy atom. The molecule has 0 aliphatic heterocycles. The van der Waals surface area contributed by atoms with E-state index < -0.39 is 0 Å². The average molecular weight is 236 g/mol. The summed E-state index contributed by atoms with van der Waals surface area (Å²) in [6, 6.07) is 3.55. The molecular weight excluding hydrogens is 227 g/mol. The Balaban J connectivity index is 3.21. The molecule has 0 heterocycles. The molecule has 60 valence electrons. The van der Waals surface area contributed by atoms with Crippen LogP contribution in [0.15, 0.2) is 16.6 Å². The lowest BCUT2D eigenvalue weighted by molar-refractivity contribution is 1.50. The summed E-state index contributed by atoms with van der Waals surface area (Å²) in [6.07, 6.45) is 0. The maximum absolute atomic E-state index is 5.79. The van der Waals surface area contributed by atoms with Gasteiger partial charge < -0.3 is 11.1 Å². The summed E-state index contributed by atoms with van der Waals surface area (Å²) >= 11 is 9.08.